The molecule has 0 amide bonds. The van der Waals surface area contributed by atoms with Gasteiger partial charge in [-0.2, -0.15) is 0 Å². The Hall–Kier alpha value is -1.10. The molecule has 0 atom stereocenters. The molecule has 56 valence electrons. The van der Waals surface area contributed by atoms with Gasteiger partial charge in [0.2, 0.25) is 0 Å². The van der Waals surface area contributed by atoms with Gasteiger partial charge in [-0.3, -0.25) is 0 Å². The molecule has 5 heteroatoms. The Labute approximate surface area is 70.1 Å². The highest BCUT2D eigenvalue weighted by molar-refractivity contribution is 9.10. The maximum Gasteiger partial charge on any atom is 0.278 e. The highest BCUT2D eigenvalue weighted by Gasteiger charge is 2.13. The molecule has 0 radical (unpaired) electrons. The van der Waals surface area contributed by atoms with Gasteiger partial charge < -0.3 is 5.21 Å². The average molecular weight is 216 g/mol. The van der Waals surface area contributed by atoms with E-state index >= 15 is 0 Å². The number of benzene rings is 1. The fraction of sp³-hybridized carbons (Fsp3) is 0. The summed E-state index contributed by atoms with van der Waals surface area (Å²) in [5.41, 5.74) is 1.16. The lowest BCUT2D eigenvalue weighted by Crippen LogP contribution is -2.26. The lowest BCUT2D eigenvalue weighted by Gasteiger charge is -1.82. The maximum atomic E-state index is 9.00. The van der Waals surface area contributed by atoms with Crippen LogP contribution in [0.5, 0.6) is 0 Å². The van der Waals surface area contributed by atoms with Gasteiger partial charge in [-0.1, -0.05) is 15.9 Å². The summed E-state index contributed by atoms with van der Waals surface area (Å²) < 4.78 is 5.34. The number of hydrogen-bond acceptors (Lipinski definition) is 3. The Morgan fingerprint density at radius 3 is 3.18 bits per heavy atom. The van der Waals surface area contributed by atoms with Crippen LogP contribution in [-0.2, 0) is 0 Å². The van der Waals surface area contributed by atoms with Crippen molar-refractivity contribution >= 4 is 27.0 Å². The Bertz CT molecular complexity index is 398. The van der Waals surface area contributed by atoms with Gasteiger partial charge in [0, 0.05) is 10.5 Å². The third-order valence-corrected chi connectivity index (χ3v) is 1.85. The Morgan fingerprint density at radius 1 is 1.55 bits per heavy atom. The van der Waals surface area contributed by atoms with E-state index in [4.69, 9.17) is 5.21 Å². The summed E-state index contributed by atoms with van der Waals surface area (Å²) in [5.74, 6) is 0. The number of halogens is 1. The van der Waals surface area contributed by atoms with Crippen LogP contribution in [0.2, 0.25) is 0 Å². The molecule has 1 aromatic carbocycles. The van der Waals surface area contributed by atoms with Crippen LogP contribution in [0.3, 0.4) is 0 Å². The molecule has 1 aromatic heterocycles. The lowest BCUT2D eigenvalue weighted by atomic mass is 10.3. The van der Waals surface area contributed by atoms with E-state index in [2.05, 4.69) is 25.7 Å². The van der Waals surface area contributed by atoms with E-state index in [0.717, 1.165) is 4.47 Å². The van der Waals surface area contributed by atoms with Gasteiger partial charge in [0.05, 0.1) is 0 Å². The predicted molar refractivity (Wildman–Crippen MR) is 39.1 cm³/mol. The van der Waals surface area contributed by atoms with E-state index in [1.54, 1.807) is 12.1 Å². The van der Waals surface area contributed by atoms with E-state index in [9.17, 15) is 0 Å². The topological polar surface area (TPSA) is 50.1 Å². The molecule has 0 aliphatic rings. The van der Waals surface area contributed by atoms with Gasteiger partial charge in [0.15, 0.2) is 5.16 Å². The van der Waals surface area contributed by atoms with Crippen molar-refractivity contribution in [3.05, 3.63) is 22.7 Å². The zero-order chi connectivity index (χ0) is 7.84. The monoisotopic (exact) mass is 215 g/mol. The molecule has 2 rings (SSSR count). The van der Waals surface area contributed by atoms with Crippen LogP contribution < -0.4 is 4.90 Å². The molecule has 0 saturated carbocycles. The van der Waals surface area contributed by atoms with Crippen molar-refractivity contribution in [2.45, 2.75) is 0 Å². The fourth-order valence-electron chi connectivity index (χ4n) is 0.854. The van der Waals surface area contributed by atoms with E-state index in [0.29, 0.717) is 15.9 Å². The average Bonchev–Trinajstić information content (AvgIpc) is 2.33. The quantitative estimate of drug-likeness (QED) is 0.671. The largest absolute Gasteiger partial charge is 0.316 e. The normalized spacial score (nSPS) is 10.6. The van der Waals surface area contributed by atoms with Gasteiger partial charge in [-0.25, -0.2) is 0 Å². The van der Waals surface area contributed by atoms with Gasteiger partial charge in [-0.15, -0.1) is 0 Å². The molecule has 0 aliphatic carbocycles. The summed E-state index contributed by atoms with van der Waals surface area (Å²) in [6.07, 6.45) is 0. The van der Waals surface area contributed by atoms with Gasteiger partial charge in [0.1, 0.15) is 4.90 Å². The van der Waals surface area contributed by atoms with Crippen molar-refractivity contribution in [2.24, 2.45) is 0 Å². The van der Waals surface area contributed by atoms with E-state index in [1.807, 2.05) is 6.07 Å². The zero-order valence-corrected chi connectivity index (χ0v) is 6.95. The van der Waals surface area contributed by atoms with Crippen molar-refractivity contribution in [3.63, 3.8) is 0 Å². The molecule has 0 spiro atoms. The molecule has 0 bridgehead atoms. The van der Waals surface area contributed by atoms with Crippen molar-refractivity contribution in [2.75, 3.05) is 0 Å². The van der Waals surface area contributed by atoms with Crippen molar-refractivity contribution in [3.8, 4) is 0 Å². The van der Waals surface area contributed by atoms with Gasteiger partial charge in [0.25, 0.3) is 11.0 Å². The summed E-state index contributed by atoms with van der Waals surface area (Å²) in [4.78, 5) is 0.625. The van der Waals surface area contributed by atoms with Crippen LogP contribution in [0.4, 0.5) is 0 Å². The van der Waals surface area contributed by atoms with Crippen LogP contribution in [0.1, 0.15) is 0 Å². The molecular weight excluding hydrogens is 212 g/mol. The summed E-state index contributed by atoms with van der Waals surface area (Å²) >= 11 is 3.26. The number of aromatic nitrogens is 2. The minimum absolute atomic E-state index is 0.541. The zero-order valence-electron chi connectivity index (χ0n) is 5.36. The van der Waals surface area contributed by atoms with Gasteiger partial charge >= 0.3 is 0 Å². The molecule has 11 heavy (non-hydrogen) atoms. The molecule has 1 heterocycles. The highest BCUT2D eigenvalue weighted by Crippen LogP contribution is 2.14. The molecule has 0 unspecified atom stereocenters. The second-order valence-electron chi connectivity index (χ2n) is 2.08. The van der Waals surface area contributed by atoms with E-state index in [1.165, 1.54) is 0 Å². The van der Waals surface area contributed by atoms with E-state index in [-0.39, 0.29) is 0 Å². The summed E-state index contributed by atoms with van der Waals surface area (Å²) in [5, 5.41) is 12.6. The van der Waals surface area contributed by atoms with Crippen molar-refractivity contribution in [1.29, 1.82) is 0 Å². The van der Waals surface area contributed by atoms with Gasteiger partial charge in [-0.05, 0) is 16.8 Å². The van der Waals surface area contributed by atoms with Crippen LogP contribution in [-0.4, -0.2) is 10.4 Å². The predicted octanol–water partition coefficient (Wildman–Crippen LogP) is 1.12. The van der Waals surface area contributed by atoms with Crippen LogP contribution in [0.25, 0.3) is 11.0 Å². The smallest absolute Gasteiger partial charge is 0.278 e. The number of hydrogen-bond donors (Lipinski definition) is 1. The minimum atomic E-state index is 0.541. The second-order valence-corrected chi connectivity index (χ2v) is 2.99. The molecular formula is C6H4BrN2O2+. The van der Waals surface area contributed by atoms with Crippen LogP contribution >= 0.6 is 15.9 Å². The van der Waals surface area contributed by atoms with E-state index < -0.39 is 0 Å². The van der Waals surface area contributed by atoms with Crippen LogP contribution in [0, 0.1) is 0 Å². The summed E-state index contributed by atoms with van der Waals surface area (Å²) in [7, 11) is 0. The SMILES string of the molecule is O[n+]1onc2ccc(Br)cc21. The number of rotatable bonds is 0. The fourth-order valence-corrected chi connectivity index (χ4v) is 1.20. The minimum Gasteiger partial charge on any atom is -0.316 e. The molecule has 1 N–H and O–H groups in total. The Morgan fingerprint density at radius 2 is 2.36 bits per heavy atom. The first-order chi connectivity index (χ1) is 5.27. The Kier molecular flexibility index (Phi) is 1.32. The second kappa shape index (κ2) is 2.20. The maximum absolute atomic E-state index is 9.00. The first-order valence-corrected chi connectivity index (χ1v) is 3.73. The molecule has 4 nitrogen and oxygen atoms in total. The Balaban J connectivity index is 2.87. The highest BCUT2D eigenvalue weighted by atomic mass is 79.9. The third kappa shape index (κ3) is 0.970. The lowest BCUT2D eigenvalue weighted by molar-refractivity contribution is -1.02. The first kappa shape index (κ1) is 6.60. The summed E-state index contributed by atoms with van der Waals surface area (Å²) in [6.45, 7) is 0. The standard InChI is InChI=1S/C6H4BrN2O2/c7-4-1-2-5-6(3-4)9(10)11-8-5/h1-3,10H/q+1. The summed E-state index contributed by atoms with van der Waals surface area (Å²) in [6, 6.07) is 5.28. The molecule has 0 saturated heterocycles. The number of fused-ring (bicyclic) bond motifs is 1. The van der Waals surface area contributed by atoms with Crippen molar-refractivity contribution < 1.29 is 14.7 Å². The first-order valence-electron chi connectivity index (χ1n) is 2.94. The van der Waals surface area contributed by atoms with Crippen molar-refractivity contribution in [1.82, 2.24) is 5.16 Å². The third-order valence-electron chi connectivity index (χ3n) is 1.36. The molecule has 2 aromatic rings. The number of nitrogens with zero attached hydrogens (tertiary/aromatic N) is 2. The van der Waals surface area contributed by atoms with Crippen LogP contribution in [0.15, 0.2) is 27.3 Å². The molecule has 0 aliphatic heterocycles. The molecule has 0 fully saturated rings.